The number of hydrogen-bond donors (Lipinski definition) is 1. The molecule has 0 saturated carbocycles. The number of aromatic nitrogens is 3. The van der Waals surface area contributed by atoms with Gasteiger partial charge >= 0.3 is 0 Å². The van der Waals surface area contributed by atoms with Crippen LogP contribution in [0.1, 0.15) is 42.3 Å². The number of nitrogens with zero attached hydrogens (tertiary/aromatic N) is 3. The van der Waals surface area contributed by atoms with Crippen molar-refractivity contribution in [3.05, 3.63) is 47.4 Å². The van der Waals surface area contributed by atoms with Gasteiger partial charge in [-0.1, -0.05) is 17.6 Å². The molecule has 28 heavy (non-hydrogen) atoms. The first-order chi connectivity index (χ1) is 13.7. The molecule has 0 aliphatic carbocycles. The number of H-pyrrole nitrogens is 1. The molecule has 3 heterocycles. The monoisotopic (exact) mass is 382 g/mol. The molecular formula is C21H26N4O3. The maximum absolute atomic E-state index is 5.60. The zero-order valence-electron chi connectivity index (χ0n) is 16.6. The van der Waals surface area contributed by atoms with Gasteiger partial charge in [-0.2, -0.15) is 5.10 Å². The molecule has 1 fully saturated rings. The Morgan fingerprint density at radius 2 is 2.11 bits per heavy atom. The summed E-state index contributed by atoms with van der Waals surface area (Å²) in [5.74, 6) is 2.40. The average molecular weight is 382 g/mol. The van der Waals surface area contributed by atoms with Crippen LogP contribution in [0.4, 0.5) is 0 Å². The third-order valence-corrected chi connectivity index (χ3v) is 5.38. The van der Waals surface area contributed by atoms with Crippen molar-refractivity contribution in [2.75, 3.05) is 20.8 Å². The first-order valence-corrected chi connectivity index (χ1v) is 9.61. The number of nitrogens with one attached hydrogen (secondary N) is 1. The lowest BCUT2D eigenvalue weighted by molar-refractivity contribution is 0.136. The molecule has 148 valence electrons. The summed E-state index contributed by atoms with van der Waals surface area (Å²) in [5, 5.41) is 11.5. The lowest BCUT2D eigenvalue weighted by Gasteiger charge is -2.35. The van der Waals surface area contributed by atoms with Gasteiger partial charge in [-0.25, -0.2) is 0 Å². The van der Waals surface area contributed by atoms with Gasteiger partial charge in [0.1, 0.15) is 11.5 Å². The fourth-order valence-electron chi connectivity index (χ4n) is 3.95. The highest BCUT2D eigenvalue weighted by molar-refractivity contribution is 5.60. The van der Waals surface area contributed by atoms with Crippen molar-refractivity contribution in [3.63, 3.8) is 0 Å². The molecule has 1 aliphatic rings. The maximum atomic E-state index is 5.60. The molecule has 1 atom stereocenters. The second-order valence-corrected chi connectivity index (χ2v) is 7.19. The number of aryl methyl sites for hydroxylation is 1. The normalized spacial score (nSPS) is 17.6. The summed E-state index contributed by atoms with van der Waals surface area (Å²) in [4.78, 5) is 2.48. The molecule has 1 aromatic carbocycles. The highest BCUT2D eigenvalue weighted by Gasteiger charge is 2.29. The Hall–Kier alpha value is -2.80. The first kappa shape index (κ1) is 18.6. The third kappa shape index (κ3) is 3.62. The van der Waals surface area contributed by atoms with Crippen LogP contribution in [0.2, 0.25) is 0 Å². The Kier molecular flexibility index (Phi) is 5.34. The summed E-state index contributed by atoms with van der Waals surface area (Å²) in [6, 6.07) is 8.19. The van der Waals surface area contributed by atoms with Crippen molar-refractivity contribution in [2.24, 2.45) is 0 Å². The minimum absolute atomic E-state index is 0.239. The molecule has 4 rings (SSSR count). The Morgan fingerprint density at radius 1 is 1.21 bits per heavy atom. The van der Waals surface area contributed by atoms with Crippen LogP contribution in [0.3, 0.4) is 0 Å². The Balaban J connectivity index is 1.62. The van der Waals surface area contributed by atoms with E-state index in [0.717, 1.165) is 59.3 Å². The van der Waals surface area contributed by atoms with Crippen molar-refractivity contribution < 1.29 is 14.0 Å². The maximum Gasteiger partial charge on any atom is 0.170 e. The molecule has 3 aromatic rings. The smallest absolute Gasteiger partial charge is 0.170 e. The van der Waals surface area contributed by atoms with Crippen LogP contribution in [0.15, 0.2) is 35.0 Å². The number of hydrogen-bond acceptors (Lipinski definition) is 6. The Morgan fingerprint density at radius 3 is 2.86 bits per heavy atom. The summed E-state index contributed by atoms with van der Waals surface area (Å²) >= 11 is 0. The van der Waals surface area contributed by atoms with Crippen LogP contribution in [0.25, 0.3) is 11.3 Å². The number of likely N-dealkylation sites (tertiary alicyclic amines) is 1. The topological polar surface area (TPSA) is 76.4 Å². The SMILES string of the molecule is COc1ccc(CN2CCCCC2c2[nH]ncc2-c2cc(C)no2)c(OC)c1. The molecule has 1 aliphatic heterocycles. The highest BCUT2D eigenvalue weighted by Crippen LogP contribution is 2.37. The predicted octanol–water partition coefficient (Wildman–Crippen LogP) is 4.12. The molecule has 0 amide bonds. The van der Waals surface area contributed by atoms with Gasteiger partial charge in [0.2, 0.25) is 0 Å². The number of aromatic amines is 1. The van der Waals surface area contributed by atoms with Gasteiger partial charge in [-0.15, -0.1) is 0 Å². The van der Waals surface area contributed by atoms with E-state index in [1.54, 1.807) is 14.2 Å². The van der Waals surface area contributed by atoms with Crippen molar-refractivity contribution in [2.45, 2.75) is 38.8 Å². The molecule has 0 spiro atoms. The summed E-state index contributed by atoms with van der Waals surface area (Å²) < 4.78 is 16.4. The summed E-state index contributed by atoms with van der Waals surface area (Å²) in [6.45, 7) is 3.75. The van der Waals surface area contributed by atoms with E-state index in [4.69, 9.17) is 14.0 Å². The Labute approximate surface area is 164 Å². The van der Waals surface area contributed by atoms with E-state index in [0.29, 0.717) is 0 Å². The van der Waals surface area contributed by atoms with E-state index in [2.05, 4.69) is 26.3 Å². The summed E-state index contributed by atoms with van der Waals surface area (Å²) in [5.41, 5.74) is 4.08. The second-order valence-electron chi connectivity index (χ2n) is 7.19. The van der Waals surface area contributed by atoms with E-state index in [1.807, 2.05) is 31.3 Å². The van der Waals surface area contributed by atoms with Gasteiger partial charge in [-0.05, 0) is 32.4 Å². The molecule has 7 nitrogen and oxygen atoms in total. The average Bonchev–Trinajstić information content (AvgIpc) is 3.37. The molecule has 0 bridgehead atoms. The lowest BCUT2D eigenvalue weighted by atomic mass is 9.95. The number of methoxy groups -OCH3 is 2. The fourth-order valence-corrected chi connectivity index (χ4v) is 3.95. The van der Waals surface area contributed by atoms with Crippen LogP contribution < -0.4 is 9.47 Å². The number of piperidine rings is 1. The predicted molar refractivity (Wildman–Crippen MR) is 105 cm³/mol. The van der Waals surface area contributed by atoms with Gasteiger partial charge in [0.05, 0.1) is 43.4 Å². The zero-order valence-corrected chi connectivity index (χ0v) is 16.6. The second kappa shape index (κ2) is 8.06. The van der Waals surface area contributed by atoms with E-state index in [-0.39, 0.29) is 6.04 Å². The number of ether oxygens (including phenoxy) is 2. The van der Waals surface area contributed by atoms with E-state index < -0.39 is 0 Å². The molecule has 1 unspecified atom stereocenters. The zero-order chi connectivity index (χ0) is 19.5. The van der Waals surface area contributed by atoms with Crippen LogP contribution in [-0.2, 0) is 6.54 Å². The van der Waals surface area contributed by atoms with E-state index >= 15 is 0 Å². The minimum atomic E-state index is 0.239. The summed E-state index contributed by atoms with van der Waals surface area (Å²) in [6.07, 6.45) is 5.27. The van der Waals surface area contributed by atoms with Crippen LogP contribution in [0, 0.1) is 6.92 Å². The number of benzene rings is 1. The van der Waals surface area contributed by atoms with Crippen LogP contribution in [-0.4, -0.2) is 41.0 Å². The van der Waals surface area contributed by atoms with Crippen molar-refractivity contribution in [1.29, 1.82) is 0 Å². The van der Waals surface area contributed by atoms with Gasteiger partial charge in [0.25, 0.3) is 0 Å². The van der Waals surface area contributed by atoms with E-state index in [9.17, 15) is 0 Å². The minimum Gasteiger partial charge on any atom is -0.497 e. The van der Waals surface area contributed by atoms with E-state index in [1.165, 1.54) is 12.8 Å². The molecule has 7 heteroatoms. The number of rotatable bonds is 6. The van der Waals surface area contributed by atoms with Crippen molar-refractivity contribution >= 4 is 0 Å². The lowest BCUT2D eigenvalue weighted by Crippen LogP contribution is -2.33. The van der Waals surface area contributed by atoms with Crippen molar-refractivity contribution in [1.82, 2.24) is 20.3 Å². The quantitative estimate of drug-likeness (QED) is 0.691. The highest BCUT2D eigenvalue weighted by atomic mass is 16.5. The standard InChI is InChI=1S/C21H26N4O3/c1-14-10-20(28-24-14)17-12-22-23-21(17)18-6-4-5-9-25(18)13-15-7-8-16(26-2)11-19(15)27-3/h7-8,10-12,18H,4-6,9,13H2,1-3H3,(H,22,23). The largest absolute Gasteiger partial charge is 0.497 e. The Bertz CT molecular complexity index is 933. The molecule has 0 radical (unpaired) electrons. The molecule has 2 aromatic heterocycles. The van der Waals surface area contributed by atoms with Gasteiger partial charge in [0, 0.05) is 24.2 Å². The first-order valence-electron chi connectivity index (χ1n) is 9.61. The molecule has 1 N–H and O–H groups in total. The summed E-state index contributed by atoms with van der Waals surface area (Å²) in [7, 11) is 3.37. The van der Waals surface area contributed by atoms with Crippen LogP contribution >= 0.6 is 0 Å². The van der Waals surface area contributed by atoms with Crippen LogP contribution in [0.5, 0.6) is 11.5 Å². The van der Waals surface area contributed by atoms with Crippen molar-refractivity contribution in [3.8, 4) is 22.8 Å². The third-order valence-electron chi connectivity index (χ3n) is 5.38. The van der Waals surface area contributed by atoms with Gasteiger partial charge in [-0.3, -0.25) is 10.00 Å². The molecular weight excluding hydrogens is 356 g/mol. The fraction of sp³-hybridized carbons (Fsp3) is 0.429. The molecule has 1 saturated heterocycles. The van der Waals surface area contributed by atoms with Gasteiger partial charge < -0.3 is 14.0 Å². The van der Waals surface area contributed by atoms with Gasteiger partial charge in [0.15, 0.2) is 5.76 Å².